The van der Waals surface area contributed by atoms with Crippen LogP contribution in [0.1, 0.15) is 25.3 Å². The van der Waals surface area contributed by atoms with E-state index in [1.165, 1.54) is 0 Å². The van der Waals surface area contributed by atoms with Gasteiger partial charge in [0.15, 0.2) is 0 Å². The highest BCUT2D eigenvalue weighted by Crippen LogP contribution is 2.20. The topological polar surface area (TPSA) is 75.1 Å². The molecule has 0 saturated heterocycles. The Morgan fingerprint density at radius 3 is 2.63 bits per heavy atom. The van der Waals surface area contributed by atoms with Crippen molar-refractivity contribution in [3.63, 3.8) is 0 Å². The molecule has 0 atom stereocenters. The molecule has 2 rings (SSSR count). The predicted molar refractivity (Wildman–Crippen MR) is 68.4 cm³/mol. The van der Waals surface area contributed by atoms with E-state index >= 15 is 0 Å². The van der Waals surface area contributed by atoms with E-state index in [2.05, 4.69) is 0 Å². The Balaban J connectivity index is 2.73. The fourth-order valence-electron chi connectivity index (χ4n) is 1.77. The highest BCUT2D eigenvalue weighted by molar-refractivity contribution is 5.39. The second-order valence-corrected chi connectivity index (χ2v) is 4.48. The van der Waals surface area contributed by atoms with Crippen LogP contribution in [0.25, 0.3) is 5.69 Å². The van der Waals surface area contributed by atoms with Crippen LogP contribution >= 0.6 is 0 Å². The maximum absolute atomic E-state index is 13.4. The van der Waals surface area contributed by atoms with Gasteiger partial charge < -0.3 is 5.11 Å². The van der Waals surface area contributed by atoms with Gasteiger partial charge in [0.1, 0.15) is 0 Å². The molecular weight excluding hydrogens is 251 g/mol. The number of H-pyrrole nitrogens is 1. The second-order valence-electron chi connectivity index (χ2n) is 4.48. The summed E-state index contributed by atoms with van der Waals surface area (Å²) >= 11 is 0. The van der Waals surface area contributed by atoms with E-state index in [0.29, 0.717) is 5.69 Å². The first-order valence-corrected chi connectivity index (χ1v) is 5.76. The third-order valence-electron chi connectivity index (χ3n) is 2.83. The summed E-state index contributed by atoms with van der Waals surface area (Å²) in [7, 11) is 0. The van der Waals surface area contributed by atoms with Gasteiger partial charge in [-0.25, -0.2) is 9.36 Å². The molecule has 100 valence electrons. The monoisotopic (exact) mass is 264 g/mol. The number of aromatic hydroxyl groups is 1. The normalized spacial score (nSPS) is 10.9. The summed E-state index contributed by atoms with van der Waals surface area (Å²) in [5.41, 5.74) is -0.900. The van der Waals surface area contributed by atoms with Gasteiger partial charge in [-0.2, -0.15) is 4.39 Å². The lowest BCUT2D eigenvalue weighted by Gasteiger charge is -2.11. The molecule has 6 heteroatoms. The molecule has 0 unspecified atom stereocenters. The van der Waals surface area contributed by atoms with Gasteiger partial charge in [-0.3, -0.25) is 9.78 Å². The molecule has 1 aromatic heterocycles. The first kappa shape index (κ1) is 13.1. The molecule has 1 heterocycles. The molecule has 2 aromatic rings. The van der Waals surface area contributed by atoms with Crippen molar-refractivity contribution in [2.24, 2.45) is 0 Å². The van der Waals surface area contributed by atoms with E-state index in [1.54, 1.807) is 18.2 Å². The highest BCUT2D eigenvalue weighted by Gasteiger charge is 2.15. The zero-order valence-corrected chi connectivity index (χ0v) is 10.5. The summed E-state index contributed by atoms with van der Waals surface area (Å²) in [4.78, 5) is 24.5. The first-order chi connectivity index (χ1) is 8.91. The quantitative estimate of drug-likeness (QED) is 0.863. The van der Waals surface area contributed by atoms with Crippen LogP contribution in [0, 0.1) is 5.82 Å². The van der Waals surface area contributed by atoms with Crippen molar-refractivity contribution in [1.82, 2.24) is 9.55 Å². The Labute approximate surface area is 108 Å². The number of aromatic amines is 1. The zero-order chi connectivity index (χ0) is 14.2. The van der Waals surface area contributed by atoms with E-state index in [0.717, 1.165) is 10.1 Å². The smallest absolute Gasteiger partial charge is 0.335 e. The maximum atomic E-state index is 13.4. The van der Waals surface area contributed by atoms with Crippen LogP contribution in [0.4, 0.5) is 4.39 Å². The molecule has 0 spiro atoms. The van der Waals surface area contributed by atoms with Crippen molar-refractivity contribution >= 4 is 0 Å². The fraction of sp³-hybridized carbons (Fsp3) is 0.231. The summed E-state index contributed by atoms with van der Waals surface area (Å²) < 4.78 is 14.1. The molecule has 0 bridgehead atoms. The summed E-state index contributed by atoms with van der Waals surface area (Å²) in [6, 6.07) is 6.76. The molecule has 0 saturated carbocycles. The lowest BCUT2D eigenvalue weighted by molar-refractivity contribution is 0.386. The Hall–Kier alpha value is -2.37. The Morgan fingerprint density at radius 1 is 1.32 bits per heavy atom. The van der Waals surface area contributed by atoms with Crippen LogP contribution in [-0.4, -0.2) is 14.7 Å². The molecule has 0 radical (unpaired) electrons. The molecule has 0 amide bonds. The Morgan fingerprint density at radius 2 is 2.00 bits per heavy atom. The molecule has 1 aromatic carbocycles. The van der Waals surface area contributed by atoms with Crippen LogP contribution < -0.4 is 11.2 Å². The zero-order valence-electron chi connectivity index (χ0n) is 10.5. The van der Waals surface area contributed by atoms with Gasteiger partial charge in [-0.05, 0) is 23.6 Å². The van der Waals surface area contributed by atoms with Crippen LogP contribution in [0.2, 0.25) is 0 Å². The van der Waals surface area contributed by atoms with Gasteiger partial charge >= 0.3 is 5.69 Å². The van der Waals surface area contributed by atoms with Gasteiger partial charge in [0.05, 0.1) is 5.69 Å². The molecule has 5 nitrogen and oxygen atoms in total. The summed E-state index contributed by atoms with van der Waals surface area (Å²) in [6.07, 6.45) is 0. The number of hydrogen-bond acceptors (Lipinski definition) is 3. The van der Waals surface area contributed by atoms with Crippen molar-refractivity contribution in [1.29, 1.82) is 0 Å². The summed E-state index contributed by atoms with van der Waals surface area (Å²) in [5, 5.41) is 9.61. The van der Waals surface area contributed by atoms with Crippen molar-refractivity contribution in [3.8, 4) is 11.6 Å². The minimum Gasteiger partial charge on any atom is -0.492 e. The Kier molecular flexibility index (Phi) is 3.25. The van der Waals surface area contributed by atoms with Gasteiger partial charge in [-0.15, -0.1) is 0 Å². The van der Waals surface area contributed by atoms with E-state index < -0.39 is 22.9 Å². The maximum Gasteiger partial charge on any atom is 0.335 e. The SMILES string of the molecule is CC(C)c1cccc(-n2c(O)c(F)c(=O)[nH]c2=O)c1. The largest absolute Gasteiger partial charge is 0.492 e. The second kappa shape index (κ2) is 4.72. The van der Waals surface area contributed by atoms with Gasteiger partial charge in [0.2, 0.25) is 11.7 Å². The lowest BCUT2D eigenvalue weighted by Crippen LogP contribution is -2.30. The minimum absolute atomic E-state index is 0.213. The lowest BCUT2D eigenvalue weighted by atomic mass is 10.0. The van der Waals surface area contributed by atoms with E-state index in [4.69, 9.17) is 0 Å². The van der Waals surface area contributed by atoms with E-state index in [-0.39, 0.29) is 5.92 Å². The van der Waals surface area contributed by atoms with Crippen molar-refractivity contribution in [3.05, 3.63) is 56.5 Å². The number of benzene rings is 1. The number of nitrogens with zero attached hydrogens (tertiary/aromatic N) is 1. The number of rotatable bonds is 2. The van der Waals surface area contributed by atoms with Crippen LogP contribution in [0.15, 0.2) is 33.9 Å². The Bertz CT molecular complexity index is 731. The van der Waals surface area contributed by atoms with Crippen molar-refractivity contribution < 1.29 is 9.50 Å². The molecule has 0 aliphatic carbocycles. The average molecular weight is 264 g/mol. The molecule has 19 heavy (non-hydrogen) atoms. The molecule has 0 aliphatic rings. The standard InChI is InChI=1S/C13H13FN2O3/c1-7(2)8-4-3-5-9(6-8)16-12(18)10(14)11(17)15-13(16)19/h3-7,18H,1-2H3,(H,15,17,19). The van der Waals surface area contributed by atoms with E-state index in [1.807, 2.05) is 24.9 Å². The first-order valence-electron chi connectivity index (χ1n) is 5.76. The number of halogens is 1. The van der Waals surface area contributed by atoms with E-state index in [9.17, 15) is 19.1 Å². The number of nitrogens with one attached hydrogen (secondary N) is 1. The van der Waals surface area contributed by atoms with Crippen LogP contribution in [-0.2, 0) is 0 Å². The molecule has 0 fully saturated rings. The summed E-state index contributed by atoms with van der Waals surface area (Å²) in [5.74, 6) is -2.16. The number of hydrogen-bond donors (Lipinski definition) is 2. The predicted octanol–water partition coefficient (Wildman–Crippen LogP) is 1.49. The third kappa shape index (κ3) is 2.29. The van der Waals surface area contributed by atoms with Crippen molar-refractivity contribution in [2.75, 3.05) is 0 Å². The van der Waals surface area contributed by atoms with Gasteiger partial charge in [-0.1, -0.05) is 26.0 Å². The third-order valence-corrected chi connectivity index (χ3v) is 2.83. The molecule has 0 aliphatic heterocycles. The minimum atomic E-state index is -1.38. The van der Waals surface area contributed by atoms with Crippen LogP contribution in [0.3, 0.4) is 0 Å². The number of aromatic nitrogens is 2. The van der Waals surface area contributed by atoms with Gasteiger partial charge in [0, 0.05) is 0 Å². The molecule has 2 N–H and O–H groups in total. The fourth-order valence-corrected chi connectivity index (χ4v) is 1.77. The molecular formula is C13H13FN2O3. The highest BCUT2D eigenvalue weighted by atomic mass is 19.1. The van der Waals surface area contributed by atoms with Gasteiger partial charge in [0.25, 0.3) is 5.56 Å². The van der Waals surface area contributed by atoms with Crippen molar-refractivity contribution in [2.45, 2.75) is 19.8 Å². The average Bonchev–Trinajstić information content (AvgIpc) is 2.36. The summed E-state index contributed by atoms with van der Waals surface area (Å²) in [6.45, 7) is 3.93. The van der Waals surface area contributed by atoms with Crippen LogP contribution in [0.5, 0.6) is 5.88 Å².